The van der Waals surface area contributed by atoms with Gasteiger partial charge in [0.25, 0.3) is 0 Å². The first kappa shape index (κ1) is 17.7. The molecule has 0 spiro atoms. The van der Waals surface area contributed by atoms with Crippen LogP contribution in [0, 0.1) is 13.8 Å². The van der Waals surface area contributed by atoms with Crippen LogP contribution in [0.4, 0.5) is 0 Å². The fourth-order valence-electron chi connectivity index (χ4n) is 3.63. The highest BCUT2D eigenvalue weighted by Gasteiger charge is 2.40. The van der Waals surface area contributed by atoms with Gasteiger partial charge in [-0.05, 0) is 26.0 Å². The molecule has 0 aliphatic carbocycles. The lowest BCUT2D eigenvalue weighted by molar-refractivity contribution is -0.127. The number of hydrogen-bond donors (Lipinski definition) is 1. The van der Waals surface area contributed by atoms with E-state index in [1.807, 2.05) is 49.7 Å². The van der Waals surface area contributed by atoms with Crippen LogP contribution in [0.3, 0.4) is 0 Å². The Bertz CT molecular complexity index is 764. The lowest BCUT2D eigenvalue weighted by atomic mass is 9.98. The summed E-state index contributed by atoms with van der Waals surface area (Å²) in [6.45, 7) is 5.08. The molecule has 0 aromatic carbocycles. The van der Waals surface area contributed by atoms with Crippen molar-refractivity contribution in [1.29, 1.82) is 0 Å². The van der Waals surface area contributed by atoms with E-state index in [0.717, 1.165) is 28.5 Å². The number of ether oxygens (including phenoxy) is 1. The molecule has 7 heteroatoms. The van der Waals surface area contributed by atoms with Crippen LogP contribution in [-0.4, -0.2) is 40.8 Å². The van der Waals surface area contributed by atoms with Crippen LogP contribution in [0.15, 0.2) is 16.5 Å². The highest BCUT2D eigenvalue weighted by molar-refractivity contribution is 5.80. The van der Waals surface area contributed by atoms with Gasteiger partial charge in [-0.1, -0.05) is 0 Å². The summed E-state index contributed by atoms with van der Waals surface area (Å²) in [6.07, 6.45) is 0.473. The van der Waals surface area contributed by atoms with Gasteiger partial charge in [0.05, 0.1) is 18.3 Å². The number of furan rings is 1. The molecule has 0 saturated carbocycles. The highest BCUT2D eigenvalue weighted by Crippen LogP contribution is 2.35. The number of amides is 1. The SMILES string of the molecule is COCc1ccc(CN[C@@H]2CC(=O)N(C)[C@H]2c2c(C)nn(C)c2C)o1. The van der Waals surface area contributed by atoms with Crippen LogP contribution >= 0.6 is 0 Å². The third-order valence-electron chi connectivity index (χ3n) is 4.99. The Hall–Kier alpha value is -2.12. The fourth-order valence-corrected chi connectivity index (χ4v) is 3.63. The van der Waals surface area contributed by atoms with E-state index in [0.29, 0.717) is 19.6 Å². The first-order chi connectivity index (χ1) is 11.9. The van der Waals surface area contributed by atoms with Gasteiger partial charge >= 0.3 is 0 Å². The van der Waals surface area contributed by atoms with Crippen LogP contribution in [-0.2, 0) is 29.7 Å². The molecule has 1 fully saturated rings. The lowest BCUT2D eigenvalue weighted by Crippen LogP contribution is -2.35. The highest BCUT2D eigenvalue weighted by atomic mass is 16.5. The third kappa shape index (κ3) is 3.34. The first-order valence-electron chi connectivity index (χ1n) is 8.48. The van der Waals surface area contributed by atoms with Crippen LogP contribution in [0.2, 0.25) is 0 Å². The number of hydrogen-bond acceptors (Lipinski definition) is 5. The van der Waals surface area contributed by atoms with Crippen molar-refractivity contribution in [3.63, 3.8) is 0 Å². The van der Waals surface area contributed by atoms with Crippen molar-refractivity contribution in [3.8, 4) is 0 Å². The summed E-state index contributed by atoms with van der Waals surface area (Å²) < 4.78 is 12.7. The fraction of sp³-hybridized carbons (Fsp3) is 0.556. The minimum absolute atomic E-state index is 0.0189. The molecule has 3 rings (SSSR count). The summed E-state index contributed by atoms with van der Waals surface area (Å²) in [5.74, 6) is 1.78. The van der Waals surface area contributed by atoms with E-state index in [-0.39, 0.29) is 18.0 Å². The van der Waals surface area contributed by atoms with Crippen LogP contribution in [0.1, 0.15) is 40.9 Å². The number of rotatable bonds is 6. The summed E-state index contributed by atoms with van der Waals surface area (Å²) in [7, 11) is 5.44. The van der Waals surface area contributed by atoms with Crippen molar-refractivity contribution in [2.75, 3.05) is 14.2 Å². The average Bonchev–Trinajstić information content (AvgIpc) is 3.19. The predicted octanol–water partition coefficient (Wildman–Crippen LogP) is 1.84. The second kappa shape index (κ2) is 7.01. The molecule has 1 amide bonds. The van der Waals surface area contributed by atoms with Crippen molar-refractivity contribution in [3.05, 3.63) is 40.6 Å². The van der Waals surface area contributed by atoms with Gasteiger partial charge in [-0.2, -0.15) is 5.10 Å². The molecule has 0 unspecified atom stereocenters. The molecule has 7 nitrogen and oxygen atoms in total. The summed E-state index contributed by atoms with van der Waals surface area (Å²) in [6, 6.07) is 3.86. The number of likely N-dealkylation sites (N-methyl/N-ethyl adjacent to an activating group) is 1. The topological polar surface area (TPSA) is 72.5 Å². The minimum atomic E-state index is -0.0189. The zero-order valence-corrected chi connectivity index (χ0v) is 15.5. The third-order valence-corrected chi connectivity index (χ3v) is 4.99. The molecule has 1 N–H and O–H groups in total. The van der Waals surface area contributed by atoms with Crippen molar-refractivity contribution < 1.29 is 13.9 Å². The summed E-state index contributed by atoms with van der Waals surface area (Å²) in [5, 5.41) is 8.00. The van der Waals surface area contributed by atoms with E-state index < -0.39 is 0 Å². The number of aromatic nitrogens is 2. The molecular weight excluding hydrogens is 320 g/mol. The molecule has 2 aromatic heterocycles. The number of aryl methyl sites for hydroxylation is 2. The molecule has 136 valence electrons. The van der Waals surface area contributed by atoms with E-state index >= 15 is 0 Å². The van der Waals surface area contributed by atoms with Gasteiger partial charge in [-0.15, -0.1) is 0 Å². The Morgan fingerprint density at radius 3 is 2.68 bits per heavy atom. The number of nitrogens with zero attached hydrogens (tertiary/aromatic N) is 3. The Morgan fingerprint density at radius 2 is 2.04 bits per heavy atom. The van der Waals surface area contributed by atoms with E-state index in [2.05, 4.69) is 10.4 Å². The molecule has 1 aliphatic rings. The number of likely N-dealkylation sites (tertiary alicyclic amines) is 1. The number of nitrogens with one attached hydrogen (secondary N) is 1. The van der Waals surface area contributed by atoms with E-state index in [9.17, 15) is 4.79 Å². The molecule has 2 aromatic rings. The minimum Gasteiger partial charge on any atom is -0.462 e. The Morgan fingerprint density at radius 1 is 1.32 bits per heavy atom. The normalized spacial score (nSPS) is 20.7. The number of carbonyl (C=O) groups excluding carboxylic acids is 1. The second-order valence-electron chi connectivity index (χ2n) is 6.65. The maximum Gasteiger partial charge on any atom is 0.224 e. The predicted molar refractivity (Wildman–Crippen MR) is 92.9 cm³/mol. The van der Waals surface area contributed by atoms with Gasteiger partial charge in [0.15, 0.2) is 0 Å². The second-order valence-corrected chi connectivity index (χ2v) is 6.65. The van der Waals surface area contributed by atoms with Crippen molar-refractivity contribution in [2.45, 2.75) is 45.5 Å². The van der Waals surface area contributed by atoms with Crippen molar-refractivity contribution in [2.24, 2.45) is 7.05 Å². The molecule has 0 bridgehead atoms. The summed E-state index contributed by atoms with van der Waals surface area (Å²) in [5.41, 5.74) is 3.20. The van der Waals surface area contributed by atoms with Crippen molar-refractivity contribution >= 4 is 5.91 Å². The van der Waals surface area contributed by atoms with Crippen LogP contribution in [0.5, 0.6) is 0 Å². The smallest absolute Gasteiger partial charge is 0.224 e. The van der Waals surface area contributed by atoms with Gasteiger partial charge in [-0.3, -0.25) is 9.48 Å². The van der Waals surface area contributed by atoms with Gasteiger partial charge in [0.1, 0.15) is 18.1 Å². The van der Waals surface area contributed by atoms with Crippen molar-refractivity contribution in [1.82, 2.24) is 20.0 Å². The quantitative estimate of drug-likeness (QED) is 0.864. The first-order valence-corrected chi connectivity index (χ1v) is 8.48. The van der Waals surface area contributed by atoms with Gasteiger partial charge in [0.2, 0.25) is 5.91 Å². The van der Waals surface area contributed by atoms with Gasteiger partial charge in [-0.25, -0.2) is 0 Å². The molecule has 2 atom stereocenters. The molecule has 3 heterocycles. The Kier molecular flexibility index (Phi) is 4.96. The average molecular weight is 346 g/mol. The monoisotopic (exact) mass is 346 g/mol. The summed E-state index contributed by atoms with van der Waals surface area (Å²) in [4.78, 5) is 14.1. The zero-order valence-electron chi connectivity index (χ0n) is 15.5. The largest absolute Gasteiger partial charge is 0.462 e. The molecule has 1 saturated heterocycles. The van der Waals surface area contributed by atoms with E-state index in [1.165, 1.54) is 0 Å². The Labute approximate surface area is 147 Å². The maximum atomic E-state index is 12.3. The Balaban J connectivity index is 1.77. The molecule has 25 heavy (non-hydrogen) atoms. The van der Waals surface area contributed by atoms with Crippen LogP contribution < -0.4 is 5.32 Å². The standard InChI is InChI=1S/C18H26N4O3/c1-11-17(12(2)22(4)20-11)18-15(8-16(23)21(18)3)19-9-13-6-7-14(25-13)10-24-5/h6-7,15,18-19H,8-10H2,1-5H3/t15-,18-/m1/s1. The molecule has 1 aliphatic heterocycles. The number of carbonyl (C=O) groups is 1. The maximum absolute atomic E-state index is 12.3. The summed E-state index contributed by atoms with van der Waals surface area (Å²) >= 11 is 0. The zero-order chi connectivity index (χ0) is 18.1. The van der Waals surface area contributed by atoms with E-state index in [1.54, 1.807) is 7.11 Å². The van der Waals surface area contributed by atoms with Crippen LogP contribution in [0.25, 0.3) is 0 Å². The molecule has 0 radical (unpaired) electrons. The molecular formula is C18H26N4O3. The van der Waals surface area contributed by atoms with Gasteiger partial charge < -0.3 is 19.4 Å². The lowest BCUT2D eigenvalue weighted by Gasteiger charge is -2.26. The number of methoxy groups -OCH3 is 1. The van der Waals surface area contributed by atoms with E-state index in [4.69, 9.17) is 9.15 Å². The van der Waals surface area contributed by atoms with Gasteiger partial charge in [0, 0.05) is 44.9 Å².